The molecule has 0 amide bonds. The van der Waals surface area contributed by atoms with Gasteiger partial charge in [-0.2, -0.15) is 9.61 Å². The summed E-state index contributed by atoms with van der Waals surface area (Å²) < 4.78 is 7.19. The number of hydrogen-bond donors (Lipinski definition) is 2. The first-order valence-electron chi connectivity index (χ1n) is 5.83. The number of nitrogens with two attached hydrogens (primary N) is 1. The van der Waals surface area contributed by atoms with Gasteiger partial charge in [-0.15, -0.1) is 6.42 Å². The molecule has 3 N–H and O–H groups in total. The lowest BCUT2D eigenvalue weighted by molar-refractivity contribution is -0.0283. The minimum Gasteiger partial charge on any atom is -0.389 e. The van der Waals surface area contributed by atoms with Crippen LogP contribution in [0.2, 0.25) is 0 Å². The van der Waals surface area contributed by atoms with Gasteiger partial charge < -0.3 is 15.6 Å². The van der Waals surface area contributed by atoms with Crippen LogP contribution in [-0.4, -0.2) is 36.4 Å². The second-order valence-electron chi connectivity index (χ2n) is 4.68. The van der Waals surface area contributed by atoms with Crippen LogP contribution in [0, 0.1) is 12.3 Å². The lowest BCUT2D eigenvalue weighted by Crippen LogP contribution is -2.33. The topological polar surface area (TPSA) is 98.6 Å². The zero-order valence-electron chi connectivity index (χ0n) is 10.3. The normalized spacial score (nSPS) is 30.6. The van der Waals surface area contributed by atoms with Gasteiger partial charge in [-0.3, -0.25) is 0 Å². The van der Waals surface area contributed by atoms with Crippen LogP contribution >= 0.6 is 0 Å². The average molecular weight is 259 g/mol. The summed E-state index contributed by atoms with van der Waals surface area (Å²) >= 11 is 0. The second kappa shape index (κ2) is 3.91. The Morgan fingerprint density at radius 1 is 1.63 bits per heavy atom. The summed E-state index contributed by atoms with van der Waals surface area (Å²) in [5.41, 5.74) is 6.02. The first-order chi connectivity index (χ1) is 9.05. The molecule has 1 saturated heterocycles. The average Bonchev–Trinajstić information content (AvgIpc) is 2.94. The lowest BCUT2D eigenvalue weighted by Gasteiger charge is -2.20. The van der Waals surface area contributed by atoms with E-state index in [2.05, 4.69) is 21.0 Å². The van der Waals surface area contributed by atoms with Crippen molar-refractivity contribution >= 4 is 11.6 Å². The number of ether oxygens (including phenoxy) is 1. The number of rotatable bonds is 1. The fourth-order valence-electron chi connectivity index (χ4n) is 2.25. The van der Waals surface area contributed by atoms with Crippen LogP contribution in [0.5, 0.6) is 0 Å². The first-order valence-corrected chi connectivity index (χ1v) is 5.83. The fraction of sp³-hybridized carbons (Fsp3) is 0.417. The minimum atomic E-state index is -0.989. The number of anilines is 1. The third-order valence-corrected chi connectivity index (χ3v) is 3.45. The van der Waals surface area contributed by atoms with Crippen LogP contribution in [0.1, 0.15) is 25.0 Å². The highest BCUT2D eigenvalue weighted by Crippen LogP contribution is 2.40. The molecule has 3 rings (SSSR count). The van der Waals surface area contributed by atoms with Crippen molar-refractivity contribution in [2.45, 2.75) is 31.2 Å². The molecule has 2 aromatic rings. The van der Waals surface area contributed by atoms with Crippen molar-refractivity contribution in [2.24, 2.45) is 0 Å². The molecule has 0 aromatic carbocycles. The van der Waals surface area contributed by atoms with Crippen LogP contribution in [0.15, 0.2) is 12.5 Å². The van der Waals surface area contributed by atoms with E-state index in [1.54, 1.807) is 13.1 Å². The Hall–Kier alpha value is -2.17. The highest BCUT2D eigenvalue weighted by Gasteiger charge is 2.44. The molecule has 2 aromatic heterocycles. The molecule has 0 bridgehead atoms. The van der Waals surface area contributed by atoms with E-state index in [0.717, 1.165) is 5.56 Å². The Kier molecular flexibility index (Phi) is 2.45. The first kappa shape index (κ1) is 11.9. The minimum absolute atomic E-state index is 0.245. The molecule has 7 heteroatoms. The number of aliphatic hydroxyl groups excluding tert-OH is 1. The van der Waals surface area contributed by atoms with E-state index in [-0.39, 0.29) is 12.1 Å². The van der Waals surface area contributed by atoms with Crippen LogP contribution < -0.4 is 5.73 Å². The van der Waals surface area contributed by atoms with Gasteiger partial charge in [-0.25, -0.2) is 9.97 Å². The van der Waals surface area contributed by atoms with Gasteiger partial charge in [0, 0.05) is 12.0 Å². The summed E-state index contributed by atoms with van der Waals surface area (Å²) in [6.45, 7) is 1.69. The van der Waals surface area contributed by atoms with E-state index in [1.807, 2.05) is 0 Å². The Labute approximate surface area is 109 Å². The van der Waals surface area contributed by atoms with Crippen molar-refractivity contribution < 1.29 is 9.84 Å². The Morgan fingerprint density at radius 3 is 3.11 bits per heavy atom. The van der Waals surface area contributed by atoms with E-state index in [4.69, 9.17) is 16.9 Å². The van der Waals surface area contributed by atoms with Crippen LogP contribution in [0.3, 0.4) is 0 Å². The molecule has 19 heavy (non-hydrogen) atoms. The van der Waals surface area contributed by atoms with E-state index >= 15 is 0 Å². The summed E-state index contributed by atoms with van der Waals surface area (Å²) in [5, 5.41) is 14.1. The number of fused-ring (bicyclic) bond motifs is 1. The molecule has 1 aliphatic heterocycles. The largest absolute Gasteiger partial charge is 0.389 e. The van der Waals surface area contributed by atoms with Gasteiger partial charge in [0.15, 0.2) is 11.2 Å². The molecule has 3 atom stereocenters. The number of nitrogens with zero attached hydrogens (tertiary/aromatic N) is 4. The predicted octanol–water partition coefficient (Wildman–Crippen LogP) is -0.0793. The van der Waals surface area contributed by atoms with Gasteiger partial charge in [0.1, 0.15) is 6.33 Å². The maximum Gasteiger partial charge on any atom is 0.224 e. The fourth-order valence-corrected chi connectivity index (χ4v) is 2.25. The van der Waals surface area contributed by atoms with Crippen molar-refractivity contribution in [2.75, 3.05) is 5.73 Å². The van der Waals surface area contributed by atoms with Crippen LogP contribution in [-0.2, 0) is 4.74 Å². The number of terminal acetylenes is 1. The van der Waals surface area contributed by atoms with Crippen molar-refractivity contribution in [3.05, 3.63) is 18.1 Å². The van der Waals surface area contributed by atoms with Crippen molar-refractivity contribution in [3.63, 3.8) is 0 Å². The monoisotopic (exact) mass is 259 g/mol. The molecule has 1 fully saturated rings. The smallest absolute Gasteiger partial charge is 0.224 e. The summed E-state index contributed by atoms with van der Waals surface area (Å²) in [6.07, 6.45) is 7.69. The van der Waals surface area contributed by atoms with Gasteiger partial charge in [0.25, 0.3) is 0 Å². The van der Waals surface area contributed by atoms with Gasteiger partial charge in [-0.1, -0.05) is 5.92 Å². The van der Waals surface area contributed by atoms with E-state index in [9.17, 15) is 5.11 Å². The van der Waals surface area contributed by atoms with E-state index < -0.39 is 11.7 Å². The van der Waals surface area contributed by atoms with Gasteiger partial charge in [-0.05, 0) is 6.92 Å². The predicted molar refractivity (Wildman–Crippen MR) is 66.9 cm³/mol. The SMILES string of the molecule is C#C[C@@]1(C)O[C@@H](c2cnn3c(N)ncnc23)C[C@@H]1O. The number of aromatic nitrogens is 4. The van der Waals surface area contributed by atoms with Crippen LogP contribution in [0.4, 0.5) is 5.95 Å². The zero-order chi connectivity index (χ0) is 13.6. The van der Waals surface area contributed by atoms with Crippen molar-refractivity contribution in [3.8, 4) is 12.3 Å². The molecule has 1 aliphatic rings. The summed E-state index contributed by atoms with van der Waals surface area (Å²) in [6, 6.07) is 0. The summed E-state index contributed by atoms with van der Waals surface area (Å²) in [5.74, 6) is 2.73. The van der Waals surface area contributed by atoms with Crippen LogP contribution in [0.25, 0.3) is 5.65 Å². The molecule has 0 aliphatic carbocycles. The molecule has 0 saturated carbocycles. The van der Waals surface area contributed by atoms with Crippen molar-refractivity contribution in [1.29, 1.82) is 0 Å². The molecule has 7 nitrogen and oxygen atoms in total. The molecule has 0 radical (unpaired) electrons. The zero-order valence-corrected chi connectivity index (χ0v) is 10.3. The molecule has 0 spiro atoms. The van der Waals surface area contributed by atoms with Gasteiger partial charge in [0.05, 0.1) is 18.4 Å². The number of hydrogen-bond acceptors (Lipinski definition) is 6. The maximum absolute atomic E-state index is 9.99. The highest BCUT2D eigenvalue weighted by atomic mass is 16.5. The van der Waals surface area contributed by atoms with Gasteiger partial charge in [0.2, 0.25) is 5.95 Å². The Balaban J connectivity index is 2.04. The lowest BCUT2D eigenvalue weighted by atomic mass is 9.99. The molecule has 3 heterocycles. The standard InChI is InChI=1S/C12H13N5O2/c1-3-12(2)9(18)4-8(19-12)7-5-16-17-10(7)14-6-15-11(17)13/h1,5-6,8-9,18H,4H2,2H3,(H2,13,14,15)/t8-,9+,12-/m1/s1. The van der Waals surface area contributed by atoms with E-state index in [0.29, 0.717) is 12.1 Å². The Morgan fingerprint density at radius 2 is 2.42 bits per heavy atom. The summed E-state index contributed by atoms with van der Waals surface area (Å²) in [4.78, 5) is 7.99. The quantitative estimate of drug-likeness (QED) is 0.695. The maximum atomic E-state index is 9.99. The molecule has 0 unspecified atom stereocenters. The van der Waals surface area contributed by atoms with Gasteiger partial charge >= 0.3 is 0 Å². The van der Waals surface area contributed by atoms with Crippen molar-refractivity contribution in [1.82, 2.24) is 19.6 Å². The third-order valence-electron chi connectivity index (χ3n) is 3.45. The third kappa shape index (κ3) is 1.65. The molecular weight excluding hydrogens is 246 g/mol. The molecule has 98 valence electrons. The number of aliphatic hydroxyl groups is 1. The van der Waals surface area contributed by atoms with E-state index in [1.165, 1.54) is 10.8 Å². The number of nitrogen functional groups attached to an aromatic ring is 1. The summed E-state index contributed by atoms with van der Waals surface area (Å²) in [7, 11) is 0. The molecular formula is C12H13N5O2. The highest BCUT2D eigenvalue weighted by molar-refractivity contribution is 5.50. The Bertz CT molecular complexity index is 676. The second-order valence-corrected chi connectivity index (χ2v) is 4.68.